The Morgan fingerprint density at radius 3 is 2.52 bits per heavy atom. The highest BCUT2D eigenvalue weighted by Crippen LogP contribution is 2.27. The van der Waals surface area contributed by atoms with Gasteiger partial charge in [0, 0.05) is 38.8 Å². The third-order valence-electron chi connectivity index (χ3n) is 5.04. The monoisotopic (exact) mass is 437 g/mol. The third-order valence-corrected chi connectivity index (χ3v) is 7.81. The van der Waals surface area contributed by atoms with Crippen LogP contribution in [0.1, 0.15) is 30.1 Å². The second kappa shape index (κ2) is 8.42. The van der Waals surface area contributed by atoms with Gasteiger partial charge in [0.2, 0.25) is 5.91 Å². The Balaban J connectivity index is 1.73. The number of hydrogen-bond donors (Lipinski definition) is 2. The Hall–Kier alpha value is -2.59. The van der Waals surface area contributed by atoms with Crippen molar-refractivity contribution in [3.63, 3.8) is 0 Å². The van der Waals surface area contributed by atoms with E-state index in [9.17, 15) is 23.1 Å². The highest BCUT2D eigenvalue weighted by Gasteiger charge is 2.28. The van der Waals surface area contributed by atoms with Gasteiger partial charge < -0.3 is 14.9 Å². The average molecular weight is 438 g/mol. The molecule has 0 saturated carbocycles. The molecule has 3 rings (SSSR count). The van der Waals surface area contributed by atoms with E-state index in [1.54, 1.807) is 28.3 Å². The number of aromatic hydroxyl groups is 1. The molecule has 1 fully saturated rings. The van der Waals surface area contributed by atoms with Gasteiger partial charge >= 0.3 is 0 Å². The number of benzene rings is 1. The van der Waals surface area contributed by atoms with E-state index in [1.165, 1.54) is 31.2 Å². The molecule has 0 unspecified atom stereocenters. The maximum Gasteiger partial charge on any atom is 0.271 e. The van der Waals surface area contributed by atoms with E-state index in [4.69, 9.17) is 0 Å². The Kier molecular flexibility index (Phi) is 6.13. The lowest BCUT2D eigenvalue weighted by Crippen LogP contribution is -2.46. The molecule has 1 saturated heterocycles. The minimum atomic E-state index is -3.75. The van der Waals surface area contributed by atoms with Gasteiger partial charge in [0.05, 0.1) is 5.56 Å². The van der Waals surface area contributed by atoms with Gasteiger partial charge in [-0.15, -0.1) is 11.3 Å². The van der Waals surface area contributed by atoms with E-state index < -0.39 is 10.0 Å². The Labute approximate surface area is 173 Å². The minimum absolute atomic E-state index is 0.0156. The van der Waals surface area contributed by atoms with Crippen molar-refractivity contribution >= 4 is 38.9 Å². The molecule has 0 atom stereocenters. The third kappa shape index (κ3) is 4.70. The summed E-state index contributed by atoms with van der Waals surface area (Å²) in [5.41, 5.74) is 0.237. The molecule has 0 bridgehead atoms. The summed E-state index contributed by atoms with van der Waals surface area (Å²) < 4.78 is 27.4. The molecule has 2 heterocycles. The molecule has 10 heteroatoms. The SMILES string of the molecule is CC(=O)N(C)C1CCN(C(=O)c2cc(NS(=O)(=O)c3cccs3)ccc2O)CC1. The first-order chi connectivity index (χ1) is 13.7. The van der Waals surface area contributed by atoms with Gasteiger partial charge in [0.15, 0.2) is 0 Å². The lowest BCUT2D eigenvalue weighted by molar-refractivity contribution is -0.130. The van der Waals surface area contributed by atoms with Crippen LogP contribution in [0.15, 0.2) is 39.9 Å². The number of rotatable bonds is 5. The fourth-order valence-corrected chi connectivity index (χ4v) is 5.32. The van der Waals surface area contributed by atoms with Crippen LogP contribution in [0.2, 0.25) is 0 Å². The summed E-state index contributed by atoms with van der Waals surface area (Å²) in [6.45, 7) is 2.41. The number of sulfonamides is 1. The van der Waals surface area contributed by atoms with Gasteiger partial charge in [-0.2, -0.15) is 0 Å². The quantitative estimate of drug-likeness (QED) is 0.698. The van der Waals surface area contributed by atoms with E-state index in [-0.39, 0.29) is 39.1 Å². The van der Waals surface area contributed by atoms with Crippen molar-refractivity contribution in [2.24, 2.45) is 0 Å². The van der Waals surface area contributed by atoms with E-state index in [0.29, 0.717) is 25.9 Å². The number of hydrogen-bond acceptors (Lipinski definition) is 6. The fourth-order valence-electron chi connectivity index (χ4n) is 3.28. The standard InChI is InChI=1S/C19H23N3O5S2/c1-13(23)21(2)15-7-9-22(10-8-15)19(25)16-12-14(5-6-17(16)24)20-29(26,27)18-4-3-11-28-18/h3-6,11-12,15,20,24H,7-10H2,1-2H3. The summed E-state index contributed by atoms with van der Waals surface area (Å²) >= 11 is 1.09. The Morgan fingerprint density at radius 2 is 1.93 bits per heavy atom. The van der Waals surface area contributed by atoms with Crippen LogP contribution in [0.3, 0.4) is 0 Å². The van der Waals surface area contributed by atoms with Gasteiger partial charge in [0.25, 0.3) is 15.9 Å². The first kappa shape index (κ1) is 21.1. The molecule has 2 N–H and O–H groups in total. The van der Waals surface area contributed by atoms with Crippen LogP contribution < -0.4 is 4.72 Å². The maximum atomic E-state index is 12.9. The molecule has 2 amide bonds. The van der Waals surface area contributed by atoms with Crippen LogP contribution in [0, 0.1) is 0 Å². The number of phenolic OH excluding ortho intramolecular Hbond substituents is 1. The van der Waals surface area contributed by atoms with Gasteiger partial charge in [-0.3, -0.25) is 14.3 Å². The highest BCUT2D eigenvalue weighted by molar-refractivity contribution is 7.94. The van der Waals surface area contributed by atoms with E-state index in [0.717, 1.165) is 11.3 Å². The lowest BCUT2D eigenvalue weighted by Gasteiger charge is -2.36. The number of piperidine rings is 1. The first-order valence-electron chi connectivity index (χ1n) is 9.11. The average Bonchev–Trinajstić information content (AvgIpc) is 3.24. The zero-order chi connectivity index (χ0) is 21.2. The summed E-state index contributed by atoms with van der Waals surface area (Å²) in [6.07, 6.45) is 1.29. The normalized spacial score (nSPS) is 15.2. The van der Waals surface area contributed by atoms with Crippen molar-refractivity contribution < 1.29 is 23.1 Å². The van der Waals surface area contributed by atoms with Gasteiger partial charge in [-0.05, 0) is 42.5 Å². The van der Waals surface area contributed by atoms with E-state index >= 15 is 0 Å². The molecule has 8 nitrogen and oxygen atoms in total. The molecule has 0 aliphatic carbocycles. The minimum Gasteiger partial charge on any atom is -0.507 e. The molecular formula is C19H23N3O5S2. The number of nitrogens with zero attached hydrogens (tertiary/aromatic N) is 2. The Bertz CT molecular complexity index is 997. The number of carbonyl (C=O) groups excluding carboxylic acids is 2. The number of thiophene rings is 1. The lowest BCUT2D eigenvalue weighted by atomic mass is 10.0. The topological polar surface area (TPSA) is 107 Å². The first-order valence-corrected chi connectivity index (χ1v) is 11.5. The Morgan fingerprint density at radius 1 is 1.24 bits per heavy atom. The van der Waals surface area contributed by atoms with Crippen molar-refractivity contribution in [1.82, 2.24) is 9.80 Å². The predicted molar refractivity (Wildman–Crippen MR) is 111 cm³/mol. The van der Waals surface area contributed by atoms with Crippen molar-refractivity contribution in [3.05, 3.63) is 41.3 Å². The highest BCUT2D eigenvalue weighted by atomic mass is 32.2. The zero-order valence-corrected chi connectivity index (χ0v) is 17.8. The molecule has 1 aliphatic heterocycles. The summed E-state index contributed by atoms with van der Waals surface area (Å²) in [5, 5.41) is 11.8. The van der Waals surface area contributed by atoms with Crippen LogP contribution in [0.5, 0.6) is 5.75 Å². The smallest absolute Gasteiger partial charge is 0.271 e. The second-order valence-electron chi connectivity index (χ2n) is 6.92. The summed E-state index contributed by atoms with van der Waals surface area (Å²) in [7, 11) is -2.00. The molecule has 0 radical (unpaired) electrons. The molecule has 1 aliphatic rings. The van der Waals surface area contributed by atoms with Gasteiger partial charge in [0.1, 0.15) is 9.96 Å². The van der Waals surface area contributed by atoms with Crippen molar-refractivity contribution in [2.75, 3.05) is 24.9 Å². The zero-order valence-electron chi connectivity index (χ0n) is 16.2. The van der Waals surface area contributed by atoms with Crippen LogP contribution in [0.4, 0.5) is 5.69 Å². The van der Waals surface area contributed by atoms with Crippen molar-refractivity contribution in [3.8, 4) is 5.75 Å². The van der Waals surface area contributed by atoms with Crippen LogP contribution in [-0.2, 0) is 14.8 Å². The van der Waals surface area contributed by atoms with Crippen molar-refractivity contribution in [1.29, 1.82) is 0 Å². The number of phenols is 1. The second-order valence-corrected chi connectivity index (χ2v) is 9.78. The molecule has 1 aromatic heterocycles. The number of carbonyl (C=O) groups is 2. The molecule has 156 valence electrons. The van der Waals surface area contributed by atoms with Crippen LogP contribution in [-0.4, -0.2) is 61.3 Å². The van der Waals surface area contributed by atoms with Crippen molar-refractivity contribution in [2.45, 2.75) is 30.0 Å². The maximum absolute atomic E-state index is 12.9. The van der Waals surface area contributed by atoms with Gasteiger partial charge in [-0.25, -0.2) is 8.42 Å². The fraction of sp³-hybridized carbons (Fsp3) is 0.368. The number of likely N-dealkylation sites (tertiary alicyclic amines) is 1. The van der Waals surface area contributed by atoms with Gasteiger partial charge in [-0.1, -0.05) is 6.07 Å². The number of nitrogens with one attached hydrogen (secondary N) is 1. The molecule has 2 aromatic rings. The van der Waals surface area contributed by atoms with E-state index in [2.05, 4.69) is 4.72 Å². The largest absolute Gasteiger partial charge is 0.507 e. The molecular weight excluding hydrogens is 414 g/mol. The number of anilines is 1. The molecule has 0 spiro atoms. The van der Waals surface area contributed by atoms with E-state index in [1.807, 2.05) is 0 Å². The predicted octanol–water partition coefficient (Wildman–Crippen LogP) is 2.34. The summed E-state index contributed by atoms with van der Waals surface area (Å²) in [5.74, 6) is -0.598. The van der Waals surface area contributed by atoms with Crippen LogP contribution >= 0.6 is 11.3 Å². The van der Waals surface area contributed by atoms with Crippen LogP contribution in [0.25, 0.3) is 0 Å². The summed E-state index contributed by atoms with van der Waals surface area (Å²) in [6, 6.07) is 7.26. The molecule has 1 aromatic carbocycles. The summed E-state index contributed by atoms with van der Waals surface area (Å²) in [4.78, 5) is 27.7. The molecule has 29 heavy (non-hydrogen) atoms. The number of amides is 2.